The number of Topliss-reactive ketones (excluding diaryl/α,β-unsaturated/α-hetero) is 1. The third kappa shape index (κ3) is 3.21. The van der Waals surface area contributed by atoms with E-state index in [1.807, 2.05) is 12.1 Å². The van der Waals surface area contributed by atoms with Crippen molar-refractivity contribution in [2.75, 3.05) is 0 Å². The molecule has 2 aromatic heterocycles. The van der Waals surface area contributed by atoms with Crippen LogP contribution in [0.4, 0.5) is 0 Å². The maximum Gasteiger partial charge on any atom is 0.168 e. The number of nitrogens with two attached hydrogens (primary N) is 1. The molecule has 4 nitrogen and oxygen atoms in total. The van der Waals surface area contributed by atoms with Gasteiger partial charge < -0.3 is 5.73 Å². The number of aromatic nitrogens is 2. The highest BCUT2D eigenvalue weighted by molar-refractivity contribution is 9.10. The van der Waals surface area contributed by atoms with Gasteiger partial charge in [0.1, 0.15) is 0 Å². The summed E-state index contributed by atoms with van der Waals surface area (Å²) in [5.74, 6) is 0.0157. The molecule has 0 radical (unpaired) electrons. The van der Waals surface area contributed by atoms with Crippen LogP contribution in [0.1, 0.15) is 21.7 Å². The number of hydrogen-bond donors (Lipinski definition) is 1. The largest absolute Gasteiger partial charge is 0.325 e. The Kier molecular flexibility index (Phi) is 4.17. The van der Waals surface area contributed by atoms with Gasteiger partial charge in [0.25, 0.3) is 0 Å². The van der Waals surface area contributed by atoms with Crippen LogP contribution in [0.15, 0.2) is 41.1 Å². The van der Waals surface area contributed by atoms with Crippen LogP contribution < -0.4 is 5.73 Å². The number of carbonyl (C=O) groups excluding carboxylic acids is 1. The number of ketones is 1. The first-order valence-corrected chi connectivity index (χ1v) is 6.27. The smallest absolute Gasteiger partial charge is 0.168 e. The SMILES string of the molecule is NCc1cc(C(=O)Cc2ccc(Br)cn2)ccn1. The van der Waals surface area contributed by atoms with E-state index in [1.54, 1.807) is 24.5 Å². The van der Waals surface area contributed by atoms with Crippen LogP contribution in [-0.2, 0) is 13.0 Å². The van der Waals surface area contributed by atoms with Crippen LogP contribution in [0.2, 0.25) is 0 Å². The van der Waals surface area contributed by atoms with Crippen molar-refractivity contribution < 1.29 is 4.79 Å². The number of pyridine rings is 2. The van der Waals surface area contributed by atoms with Crippen molar-refractivity contribution >= 4 is 21.7 Å². The Bertz CT molecular complexity index is 554. The molecule has 5 heteroatoms. The number of nitrogens with zero attached hydrogens (tertiary/aromatic N) is 2. The average Bonchev–Trinajstić information content (AvgIpc) is 2.41. The molecule has 2 rings (SSSR count). The van der Waals surface area contributed by atoms with Gasteiger partial charge in [-0.3, -0.25) is 14.8 Å². The van der Waals surface area contributed by atoms with Gasteiger partial charge in [0, 0.05) is 34.7 Å². The Morgan fingerprint density at radius 1 is 1.22 bits per heavy atom. The monoisotopic (exact) mass is 305 g/mol. The molecule has 0 saturated heterocycles. The first kappa shape index (κ1) is 12.9. The first-order valence-electron chi connectivity index (χ1n) is 5.47. The zero-order chi connectivity index (χ0) is 13.0. The Morgan fingerprint density at radius 2 is 2.06 bits per heavy atom. The van der Waals surface area contributed by atoms with Crippen LogP contribution in [0.5, 0.6) is 0 Å². The Hall–Kier alpha value is -1.59. The standard InChI is InChI=1S/C13H12BrN3O/c14-10-1-2-11(17-8-10)6-13(18)9-3-4-16-12(5-9)7-15/h1-5,8H,6-7,15H2. The van der Waals surface area contributed by atoms with Crippen LogP contribution in [0, 0.1) is 0 Å². The quantitative estimate of drug-likeness (QED) is 0.879. The number of carbonyl (C=O) groups is 1. The van der Waals surface area contributed by atoms with Crippen molar-refractivity contribution in [2.45, 2.75) is 13.0 Å². The molecule has 0 aliphatic heterocycles. The molecule has 0 aliphatic carbocycles. The zero-order valence-electron chi connectivity index (χ0n) is 9.64. The molecule has 2 aromatic rings. The van der Waals surface area contributed by atoms with E-state index in [9.17, 15) is 4.79 Å². The van der Waals surface area contributed by atoms with Crippen molar-refractivity contribution in [2.24, 2.45) is 5.73 Å². The van der Waals surface area contributed by atoms with E-state index in [0.717, 1.165) is 10.2 Å². The molecule has 2 N–H and O–H groups in total. The molecular formula is C13H12BrN3O. The van der Waals surface area contributed by atoms with Gasteiger partial charge in [-0.25, -0.2) is 0 Å². The zero-order valence-corrected chi connectivity index (χ0v) is 11.2. The van der Waals surface area contributed by atoms with Gasteiger partial charge in [0.05, 0.1) is 12.1 Å². The molecule has 92 valence electrons. The summed E-state index contributed by atoms with van der Waals surface area (Å²) < 4.78 is 0.896. The van der Waals surface area contributed by atoms with Crippen molar-refractivity contribution in [3.8, 4) is 0 Å². The molecule has 0 aliphatic rings. The lowest BCUT2D eigenvalue weighted by Gasteiger charge is -2.02. The van der Waals surface area contributed by atoms with Crippen LogP contribution >= 0.6 is 15.9 Å². The summed E-state index contributed by atoms with van der Waals surface area (Å²) in [6.07, 6.45) is 3.56. The normalized spacial score (nSPS) is 10.3. The second kappa shape index (κ2) is 5.84. The Balaban J connectivity index is 2.14. The van der Waals surface area contributed by atoms with E-state index in [1.165, 1.54) is 0 Å². The molecule has 0 atom stereocenters. The van der Waals surface area contributed by atoms with E-state index < -0.39 is 0 Å². The third-order valence-corrected chi connectivity index (χ3v) is 2.95. The molecule has 0 spiro atoms. The molecule has 0 fully saturated rings. The van der Waals surface area contributed by atoms with Crippen LogP contribution in [-0.4, -0.2) is 15.8 Å². The van der Waals surface area contributed by atoms with Crippen molar-refractivity contribution in [1.29, 1.82) is 0 Å². The van der Waals surface area contributed by atoms with Crippen LogP contribution in [0.3, 0.4) is 0 Å². The highest BCUT2D eigenvalue weighted by Crippen LogP contribution is 2.10. The predicted octanol–water partition coefficient (Wildman–Crippen LogP) is 2.12. The first-order chi connectivity index (χ1) is 8.69. The predicted molar refractivity (Wildman–Crippen MR) is 72.1 cm³/mol. The Morgan fingerprint density at radius 3 is 2.72 bits per heavy atom. The summed E-state index contributed by atoms with van der Waals surface area (Å²) in [6.45, 7) is 0.331. The summed E-state index contributed by atoms with van der Waals surface area (Å²) in [5, 5.41) is 0. The molecule has 0 amide bonds. The maximum absolute atomic E-state index is 12.0. The molecule has 0 saturated carbocycles. The second-order valence-electron chi connectivity index (χ2n) is 3.81. The lowest BCUT2D eigenvalue weighted by atomic mass is 10.1. The minimum Gasteiger partial charge on any atom is -0.325 e. The van der Waals surface area contributed by atoms with Gasteiger partial charge in [-0.2, -0.15) is 0 Å². The van der Waals surface area contributed by atoms with E-state index in [2.05, 4.69) is 25.9 Å². The van der Waals surface area contributed by atoms with Crippen molar-refractivity contribution in [1.82, 2.24) is 9.97 Å². The van der Waals surface area contributed by atoms with Gasteiger partial charge in [-0.15, -0.1) is 0 Å². The van der Waals surface area contributed by atoms with Gasteiger partial charge in [0.2, 0.25) is 0 Å². The van der Waals surface area contributed by atoms with Gasteiger partial charge in [-0.05, 0) is 40.2 Å². The number of hydrogen-bond acceptors (Lipinski definition) is 4. The maximum atomic E-state index is 12.0. The summed E-state index contributed by atoms with van der Waals surface area (Å²) in [4.78, 5) is 20.3. The van der Waals surface area contributed by atoms with E-state index >= 15 is 0 Å². The van der Waals surface area contributed by atoms with E-state index in [4.69, 9.17) is 5.73 Å². The topological polar surface area (TPSA) is 68.9 Å². The Labute approximate surface area is 113 Å². The summed E-state index contributed by atoms with van der Waals surface area (Å²) in [5.41, 5.74) is 7.57. The van der Waals surface area contributed by atoms with Crippen molar-refractivity contribution in [3.05, 3.63) is 58.1 Å². The van der Waals surface area contributed by atoms with Crippen molar-refractivity contribution in [3.63, 3.8) is 0 Å². The summed E-state index contributed by atoms with van der Waals surface area (Å²) in [6, 6.07) is 7.11. The van der Waals surface area contributed by atoms with E-state index in [0.29, 0.717) is 17.8 Å². The molecular weight excluding hydrogens is 294 g/mol. The summed E-state index contributed by atoms with van der Waals surface area (Å²) in [7, 11) is 0. The third-order valence-electron chi connectivity index (χ3n) is 2.48. The van der Waals surface area contributed by atoms with E-state index in [-0.39, 0.29) is 12.2 Å². The fourth-order valence-electron chi connectivity index (χ4n) is 1.54. The number of rotatable bonds is 4. The summed E-state index contributed by atoms with van der Waals surface area (Å²) >= 11 is 3.31. The number of halogens is 1. The highest BCUT2D eigenvalue weighted by Gasteiger charge is 2.08. The van der Waals surface area contributed by atoms with Gasteiger partial charge >= 0.3 is 0 Å². The lowest BCUT2D eigenvalue weighted by molar-refractivity contribution is 0.0991. The van der Waals surface area contributed by atoms with Gasteiger partial charge in [-0.1, -0.05) is 0 Å². The fourth-order valence-corrected chi connectivity index (χ4v) is 1.78. The molecule has 2 heterocycles. The minimum atomic E-state index is 0.0157. The highest BCUT2D eigenvalue weighted by atomic mass is 79.9. The fraction of sp³-hybridized carbons (Fsp3) is 0.154. The average molecular weight is 306 g/mol. The minimum absolute atomic E-state index is 0.0157. The molecule has 18 heavy (non-hydrogen) atoms. The molecule has 0 bridgehead atoms. The molecule has 0 unspecified atom stereocenters. The lowest BCUT2D eigenvalue weighted by Crippen LogP contribution is -2.07. The van der Waals surface area contributed by atoms with Crippen LogP contribution in [0.25, 0.3) is 0 Å². The molecule has 0 aromatic carbocycles. The second-order valence-corrected chi connectivity index (χ2v) is 4.72. The van der Waals surface area contributed by atoms with Gasteiger partial charge in [0.15, 0.2) is 5.78 Å².